The Morgan fingerprint density at radius 2 is 2.11 bits per heavy atom. The van der Waals surface area contributed by atoms with Crippen molar-refractivity contribution in [1.82, 2.24) is 20.4 Å². The van der Waals surface area contributed by atoms with Gasteiger partial charge in [0.05, 0.1) is 22.3 Å². The first-order valence-electron chi connectivity index (χ1n) is 9.29. The van der Waals surface area contributed by atoms with Crippen LogP contribution in [-0.2, 0) is 0 Å². The van der Waals surface area contributed by atoms with Crippen molar-refractivity contribution >= 4 is 40.8 Å². The van der Waals surface area contributed by atoms with Crippen molar-refractivity contribution in [3.05, 3.63) is 33.1 Å². The number of halogens is 1. The Labute approximate surface area is 174 Å². The van der Waals surface area contributed by atoms with Crippen LogP contribution in [0.5, 0.6) is 0 Å². The second-order valence-electron chi connectivity index (χ2n) is 7.21. The summed E-state index contributed by atoms with van der Waals surface area (Å²) >= 11 is 1.73. The Morgan fingerprint density at radius 1 is 1.32 bits per heavy atom. The van der Waals surface area contributed by atoms with E-state index in [0.29, 0.717) is 23.0 Å². The third kappa shape index (κ3) is 3.66. The first kappa shape index (κ1) is 20.8. The number of hydrogen-bond donors (Lipinski definition) is 1. The summed E-state index contributed by atoms with van der Waals surface area (Å²) in [7, 11) is 1.95. The molecule has 1 aliphatic rings. The van der Waals surface area contributed by atoms with E-state index >= 15 is 0 Å². The van der Waals surface area contributed by atoms with Crippen LogP contribution in [-0.4, -0.2) is 47.1 Å². The van der Waals surface area contributed by atoms with Gasteiger partial charge in [0.2, 0.25) is 0 Å². The van der Waals surface area contributed by atoms with Gasteiger partial charge in [0.15, 0.2) is 0 Å². The molecule has 0 aromatic carbocycles. The second kappa shape index (κ2) is 8.19. The van der Waals surface area contributed by atoms with Gasteiger partial charge in [0.1, 0.15) is 0 Å². The summed E-state index contributed by atoms with van der Waals surface area (Å²) in [6, 6.07) is 4.36. The molecule has 4 heterocycles. The minimum absolute atomic E-state index is 0. The van der Waals surface area contributed by atoms with Crippen molar-refractivity contribution in [1.29, 1.82) is 0 Å². The Balaban J connectivity index is 0.00000225. The Hall–Kier alpha value is -1.96. The summed E-state index contributed by atoms with van der Waals surface area (Å²) < 4.78 is 5.44. The number of thiophene rings is 1. The molecule has 28 heavy (non-hydrogen) atoms. The summed E-state index contributed by atoms with van der Waals surface area (Å²) in [4.78, 5) is 22.4. The standard InChI is InChI=1S/C20H24N4O2S.ClH/c1-11-8-15(13(3)27-11)17-9-16(18-12(2)23-26-19(18)22-17)20(25)24-7-5-6-14(10-24)21-4;/h8-9,14,21H,5-7,10H2,1-4H3;1H. The summed E-state index contributed by atoms with van der Waals surface area (Å²) in [5.74, 6) is 0.0273. The first-order chi connectivity index (χ1) is 13.0. The molecule has 1 N–H and O–H groups in total. The number of hydrogen-bond acceptors (Lipinski definition) is 6. The molecule has 150 valence electrons. The molecule has 0 bridgehead atoms. The molecule has 1 aliphatic heterocycles. The molecule has 0 saturated carbocycles. The van der Waals surface area contributed by atoms with E-state index < -0.39 is 0 Å². The zero-order valence-electron chi connectivity index (χ0n) is 16.5. The lowest BCUT2D eigenvalue weighted by molar-refractivity contribution is 0.0700. The highest BCUT2D eigenvalue weighted by Crippen LogP contribution is 2.33. The maximum atomic E-state index is 13.4. The molecule has 8 heteroatoms. The van der Waals surface area contributed by atoms with Crippen molar-refractivity contribution in [2.45, 2.75) is 39.7 Å². The monoisotopic (exact) mass is 420 g/mol. The van der Waals surface area contributed by atoms with Crippen molar-refractivity contribution in [3.8, 4) is 11.3 Å². The number of carbonyl (C=O) groups excluding carboxylic acids is 1. The predicted molar refractivity (Wildman–Crippen MR) is 115 cm³/mol. The van der Waals surface area contributed by atoms with Gasteiger partial charge in [-0.3, -0.25) is 4.79 Å². The van der Waals surface area contributed by atoms with E-state index in [0.717, 1.165) is 42.6 Å². The smallest absolute Gasteiger partial charge is 0.259 e. The number of carbonyl (C=O) groups is 1. The van der Waals surface area contributed by atoms with Crippen LogP contribution in [0.1, 0.15) is 38.6 Å². The van der Waals surface area contributed by atoms with E-state index in [-0.39, 0.29) is 18.3 Å². The van der Waals surface area contributed by atoms with Crippen molar-refractivity contribution < 1.29 is 9.32 Å². The second-order valence-corrected chi connectivity index (χ2v) is 8.67. The fourth-order valence-electron chi connectivity index (χ4n) is 3.85. The molecule has 3 aromatic rings. The lowest BCUT2D eigenvalue weighted by atomic mass is 10.0. The number of nitrogens with one attached hydrogen (secondary N) is 1. The number of pyridine rings is 1. The highest BCUT2D eigenvalue weighted by Gasteiger charge is 2.27. The lowest BCUT2D eigenvalue weighted by Gasteiger charge is -2.32. The third-order valence-corrected chi connectivity index (χ3v) is 6.25. The SMILES string of the molecule is CNC1CCCN(C(=O)c2cc(-c3cc(C)sc3C)nc3onc(C)c23)C1.Cl. The number of piperidine rings is 1. The van der Waals surface area contributed by atoms with Gasteiger partial charge in [-0.1, -0.05) is 5.16 Å². The van der Waals surface area contributed by atoms with Crippen LogP contribution in [0, 0.1) is 20.8 Å². The molecule has 1 unspecified atom stereocenters. The van der Waals surface area contributed by atoms with Gasteiger partial charge >= 0.3 is 0 Å². The van der Waals surface area contributed by atoms with Crippen LogP contribution in [0.25, 0.3) is 22.4 Å². The fraction of sp³-hybridized carbons (Fsp3) is 0.450. The summed E-state index contributed by atoms with van der Waals surface area (Å²) in [6.45, 7) is 7.51. The summed E-state index contributed by atoms with van der Waals surface area (Å²) in [5, 5.41) is 8.08. The molecule has 0 radical (unpaired) electrons. The van der Waals surface area contributed by atoms with E-state index in [1.165, 1.54) is 9.75 Å². The average Bonchev–Trinajstić information content (AvgIpc) is 3.22. The van der Waals surface area contributed by atoms with E-state index in [1.807, 2.05) is 24.9 Å². The van der Waals surface area contributed by atoms with Crippen molar-refractivity contribution in [2.24, 2.45) is 0 Å². The zero-order chi connectivity index (χ0) is 19.1. The molecule has 1 amide bonds. The molecular weight excluding hydrogens is 396 g/mol. The Bertz CT molecular complexity index is 1010. The number of fused-ring (bicyclic) bond motifs is 1. The number of aromatic nitrogens is 2. The first-order valence-corrected chi connectivity index (χ1v) is 10.1. The quantitative estimate of drug-likeness (QED) is 0.690. The van der Waals surface area contributed by atoms with Crippen molar-refractivity contribution in [3.63, 3.8) is 0 Å². The zero-order valence-corrected chi connectivity index (χ0v) is 18.2. The van der Waals surface area contributed by atoms with Gasteiger partial charge in [0, 0.05) is 34.4 Å². The molecule has 3 aromatic heterocycles. The van der Waals surface area contributed by atoms with Gasteiger partial charge in [0.25, 0.3) is 11.6 Å². The molecule has 4 rings (SSSR count). The summed E-state index contributed by atoms with van der Waals surface area (Å²) in [6.07, 6.45) is 2.10. The third-order valence-electron chi connectivity index (χ3n) is 5.28. The van der Waals surface area contributed by atoms with Crippen LogP contribution in [0.4, 0.5) is 0 Å². The number of likely N-dealkylation sites (N-methyl/N-ethyl adjacent to an activating group) is 1. The van der Waals surface area contributed by atoms with Gasteiger partial charge in [-0.25, -0.2) is 4.98 Å². The minimum atomic E-state index is 0. The Kier molecular flexibility index (Phi) is 6.07. The van der Waals surface area contributed by atoms with Gasteiger partial charge in [-0.05, 0) is 52.8 Å². The molecule has 6 nitrogen and oxygen atoms in total. The lowest BCUT2D eigenvalue weighted by Crippen LogP contribution is -2.47. The summed E-state index contributed by atoms with van der Waals surface area (Å²) in [5.41, 5.74) is 3.58. The number of aryl methyl sites for hydroxylation is 3. The Morgan fingerprint density at radius 3 is 2.79 bits per heavy atom. The van der Waals surface area contributed by atoms with Crippen molar-refractivity contribution in [2.75, 3.05) is 20.1 Å². The number of rotatable bonds is 3. The highest BCUT2D eigenvalue weighted by atomic mass is 35.5. The largest absolute Gasteiger partial charge is 0.337 e. The maximum absolute atomic E-state index is 13.4. The molecular formula is C20H25ClN4O2S. The van der Waals surface area contributed by atoms with Crippen LogP contribution in [0.15, 0.2) is 16.7 Å². The van der Waals surface area contributed by atoms with Crippen LogP contribution in [0.2, 0.25) is 0 Å². The topological polar surface area (TPSA) is 71.3 Å². The number of amides is 1. The molecule has 1 fully saturated rings. The van der Waals surface area contributed by atoms with Crippen LogP contribution < -0.4 is 5.32 Å². The molecule has 1 atom stereocenters. The van der Waals surface area contributed by atoms with Crippen LogP contribution in [0.3, 0.4) is 0 Å². The molecule has 1 saturated heterocycles. The van der Waals surface area contributed by atoms with Gasteiger partial charge in [-0.2, -0.15) is 0 Å². The molecule has 0 aliphatic carbocycles. The predicted octanol–water partition coefficient (Wildman–Crippen LogP) is 4.12. The fourth-order valence-corrected chi connectivity index (χ4v) is 4.79. The van der Waals surface area contributed by atoms with Gasteiger partial charge < -0.3 is 14.7 Å². The van der Waals surface area contributed by atoms with E-state index in [1.54, 1.807) is 11.3 Å². The van der Waals surface area contributed by atoms with Crippen LogP contribution >= 0.6 is 23.7 Å². The van der Waals surface area contributed by atoms with E-state index in [2.05, 4.69) is 35.4 Å². The van der Waals surface area contributed by atoms with Gasteiger partial charge in [-0.15, -0.1) is 23.7 Å². The molecule has 0 spiro atoms. The minimum Gasteiger partial charge on any atom is -0.337 e. The number of nitrogens with zero attached hydrogens (tertiary/aromatic N) is 3. The normalized spacial score (nSPS) is 17.0. The van der Waals surface area contributed by atoms with E-state index in [4.69, 9.17) is 4.52 Å². The van der Waals surface area contributed by atoms with E-state index in [9.17, 15) is 4.79 Å². The number of likely N-dealkylation sites (tertiary alicyclic amines) is 1. The average molecular weight is 421 g/mol. The maximum Gasteiger partial charge on any atom is 0.259 e. The highest BCUT2D eigenvalue weighted by molar-refractivity contribution is 7.12.